The predicted octanol–water partition coefficient (Wildman–Crippen LogP) is -0.447. The topological polar surface area (TPSA) is 33.7 Å². The molecule has 2 aliphatic rings. The number of likely N-dealkylation sites (tertiary alicyclic amines) is 1. The zero-order chi connectivity index (χ0) is 9.80. The van der Waals surface area contributed by atoms with Crippen LogP contribution in [0.1, 0.15) is 0 Å². The molecule has 0 aromatic heterocycles. The van der Waals surface area contributed by atoms with E-state index in [-0.39, 0.29) is 0 Å². The first-order valence-electron chi connectivity index (χ1n) is 5.42. The SMILES string of the molecule is CN1CC(CNC2COCCOC2)C1. The number of rotatable bonds is 3. The molecule has 4 heteroatoms. The van der Waals surface area contributed by atoms with Gasteiger partial charge in [0.15, 0.2) is 0 Å². The minimum atomic E-state index is 0.392. The second-order valence-corrected chi connectivity index (χ2v) is 4.34. The van der Waals surface area contributed by atoms with Crippen molar-refractivity contribution in [2.24, 2.45) is 5.92 Å². The normalized spacial score (nSPS) is 27.2. The van der Waals surface area contributed by atoms with Gasteiger partial charge in [-0.1, -0.05) is 0 Å². The molecule has 0 radical (unpaired) electrons. The third-order valence-corrected chi connectivity index (χ3v) is 2.85. The summed E-state index contributed by atoms with van der Waals surface area (Å²) in [6.07, 6.45) is 0. The summed E-state index contributed by atoms with van der Waals surface area (Å²) in [6.45, 7) is 6.62. The van der Waals surface area contributed by atoms with Crippen molar-refractivity contribution in [1.29, 1.82) is 0 Å². The Hall–Kier alpha value is -0.160. The van der Waals surface area contributed by atoms with E-state index in [1.54, 1.807) is 0 Å². The molecule has 14 heavy (non-hydrogen) atoms. The molecule has 2 rings (SSSR count). The minimum Gasteiger partial charge on any atom is -0.377 e. The summed E-state index contributed by atoms with van der Waals surface area (Å²) in [7, 11) is 2.16. The van der Waals surface area contributed by atoms with Gasteiger partial charge in [0.2, 0.25) is 0 Å². The first-order chi connectivity index (χ1) is 6.84. The molecule has 1 N–H and O–H groups in total. The van der Waals surface area contributed by atoms with Crippen LogP contribution in [0.25, 0.3) is 0 Å². The lowest BCUT2D eigenvalue weighted by atomic mass is 10.0. The van der Waals surface area contributed by atoms with Crippen molar-refractivity contribution in [3.63, 3.8) is 0 Å². The number of nitrogens with one attached hydrogen (secondary N) is 1. The van der Waals surface area contributed by atoms with Crippen molar-refractivity contribution in [3.8, 4) is 0 Å². The fraction of sp³-hybridized carbons (Fsp3) is 1.00. The third kappa shape index (κ3) is 2.92. The molecule has 2 saturated heterocycles. The van der Waals surface area contributed by atoms with Crippen LogP contribution in [0.2, 0.25) is 0 Å². The van der Waals surface area contributed by atoms with Crippen LogP contribution < -0.4 is 5.32 Å². The second kappa shape index (κ2) is 5.07. The van der Waals surface area contributed by atoms with Crippen molar-refractivity contribution >= 4 is 0 Å². The van der Waals surface area contributed by atoms with Crippen molar-refractivity contribution in [3.05, 3.63) is 0 Å². The molecule has 0 bridgehead atoms. The van der Waals surface area contributed by atoms with Gasteiger partial charge < -0.3 is 19.7 Å². The molecular formula is C10H20N2O2. The molecule has 0 aromatic rings. The van der Waals surface area contributed by atoms with Crippen LogP contribution in [0.5, 0.6) is 0 Å². The molecule has 2 fully saturated rings. The van der Waals surface area contributed by atoms with Gasteiger partial charge in [0.1, 0.15) is 0 Å². The fourth-order valence-corrected chi connectivity index (χ4v) is 2.03. The molecule has 0 aliphatic carbocycles. The molecular weight excluding hydrogens is 180 g/mol. The average Bonchev–Trinajstić information content (AvgIpc) is 2.38. The molecule has 2 aliphatic heterocycles. The molecule has 0 aromatic carbocycles. The Labute approximate surface area is 85.5 Å². The zero-order valence-corrected chi connectivity index (χ0v) is 8.87. The molecule has 0 unspecified atom stereocenters. The Morgan fingerprint density at radius 2 is 1.86 bits per heavy atom. The van der Waals surface area contributed by atoms with Crippen LogP contribution in [-0.4, -0.2) is 64.1 Å². The Balaban J connectivity index is 1.59. The van der Waals surface area contributed by atoms with E-state index in [0.29, 0.717) is 6.04 Å². The monoisotopic (exact) mass is 200 g/mol. The molecule has 0 atom stereocenters. The van der Waals surface area contributed by atoms with E-state index in [4.69, 9.17) is 9.47 Å². The summed E-state index contributed by atoms with van der Waals surface area (Å²) in [5.74, 6) is 0.822. The average molecular weight is 200 g/mol. The summed E-state index contributed by atoms with van der Waals surface area (Å²) < 4.78 is 10.8. The lowest BCUT2D eigenvalue weighted by Crippen LogP contribution is -2.51. The van der Waals surface area contributed by atoms with Crippen molar-refractivity contribution in [2.45, 2.75) is 6.04 Å². The van der Waals surface area contributed by atoms with Crippen LogP contribution in [0.15, 0.2) is 0 Å². The molecule has 0 amide bonds. The van der Waals surface area contributed by atoms with Crippen LogP contribution in [-0.2, 0) is 9.47 Å². The molecule has 82 valence electrons. The summed E-state index contributed by atoms with van der Waals surface area (Å²) in [5, 5.41) is 3.51. The Kier molecular flexibility index (Phi) is 3.75. The van der Waals surface area contributed by atoms with E-state index < -0.39 is 0 Å². The van der Waals surface area contributed by atoms with E-state index in [1.165, 1.54) is 13.1 Å². The van der Waals surface area contributed by atoms with E-state index >= 15 is 0 Å². The van der Waals surface area contributed by atoms with E-state index in [9.17, 15) is 0 Å². The first-order valence-corrected chi connectivity index (χ1v) is 5.42. The minimum absolute atomic E-state index is 0.392. The standard InChI is InChI=1S/C10H20N2O2/c1-12-5-9(6-12)4-11-10-7-13-2-3-14-8-10/h9-11H,2-8H2,1H3. The number of nitrogens with zero attached hydrogens (tertiary/aromatic N) is 1. The van der Waals surface area contributed by atoms with Gasteiger partial charge in [-0.2, -0.15) is 0 Å². The van der Waals surface area contributed by atoms with E-state index in [1.807, 2.05) is 0 Å². The van der Waals surface area contributed by atoms with Crippen LogP contribution in [0.3, 0.4) is 0 Å². The summed E-state index contributed by atoms with van der Waals surface area (Å²) in [6, 6.07) is 0.392. The number of hydrogen-bond acceptors (Lipinski definition) is 4. The van der Waals surface area contributed by atoms with Crippen molar-refractivity contribution in [1.82, 2.24) is 10.2 Å². The second-order valence-electron chi connectivity index (χ2n) is 4.34. The van der Waals surface area contributed by atoms with Gasteiger partial charge in [0.25, 0.3) is 0 Å². The van der Waals surface area contributed by atoms with Gasteiger partial charge in [-0.3, -0.25) is 0 Å². The summed E-state index contributed by atoms with van der Waals surface area (Å²) >= 11 is 0. The smallest absolute Gasteiger partial charge is 0.0701 e. The van der Waals surface area contributed by atoms with Gasteiger partial charge >= 0.3 is 0 Å². The number of hydrogen-bond donors (Lipinski definition) is 1. The van der Waals surface area contributed by atoms with Gasteiger partial charge in [0.05, 0.1) is 32.5 Å². The van der Waals surface area contributed by atoms with Crippen LogP contribution in [0, 0.1) is 5.92 Å². The zero-order valence-electron chi connectivity index (χ0n) is 8.87. The first kappa shape index (κ1) is 10.4. The highest BCUT2D eigenvalue weighted by Gasteiger charge is 2.24. The molecule has 2 heterocycles. The highest BCUT2D eigenvalue weighted by molar-refractivity contribution is 4.80. The van der Waals surface area contributed by atoms with Crippen molar-refractivity contribution < 1.29 is 9.47 Å². The maximum Gasteiger partial charge on any atom is 0.0701 e. The Bertz CT molecular complexity index is 164. The predicted molar refractivity (Wildman–Crippen MR) is 54.4 cm³/mol. The highest BCUT2D eigenvalue weighted by Crippen LogP contribution is 2.11. The Morgan fingerprint density at radius 1 is 1.21 bits per heavy atom. The Morgan fingerprint density at radius 3 is 2.43 bits per heavy atom. The molecule has 0 spiro atoms. The number of ether oxygens (including phenoxy) is 2. The van der Waals surface area contributed by atoms with Crippen molar-refractivity contribution in [2.75, 3.05) is 53.1 Å². The van der Waals surface area contributed by atoms with Crippen LogP contribution in [0.4, 0.5) is 0 Å². The van der Waals surface area contributed by atoms with Gasteiger partial charge in [-0.05, 0) is 13.0 Å². The largest absolute Gasteiger partial charge is 0.377 e. The lowest BCUT2D eigenvalue weighted by molar-refractivity contribution is 0.103. The van der Waals surface area contributed by atoms with E-state index in [2.05, 4.69) is 17.3 Å². The maximum atomic E-state index is 5.41. The fourth-order valence-electron chi connectivity index (χ4n) is 2.03. The lowest BCUT2D eigenvalue weighted by Gasteiger charge is -2.37. The summed E-state index contributed by atoms with van der Waals surface area (Å²) in [4.78, 5) is 2.34. The van der Waals surface area contributed by atoms with Gasteiger partial charge in [-0.15, -0.1) is 0 Å². The third-order valence-electron chi connectivity index (χ3n) is 2.85. The van der Waals surface area contributed by atoms with Crippen LogP contribution >= 0.6 is 0 Å². The molecule has 0 saturated carbocycles. The quantitative estimate of drug-likeness (QED) is 0.669. The summed E-state index contributed by atoms with van der Waals surface area (Å²) in [5.41, 5.74) is 0. The van der Waals surface area contributed by atoms with E-state index in [0.717, 1.165) is 38.9 Å². The van der Waals surface area contributed by atoms with Gasteiger partial charge in [0, 0.05) is 19.6 Å². The van der Waals surface area contributed by atoms with Gasteiger partial charge in [-0.25, -0.2) is 0 Å². The molecule has 4 nitrogen and oxygen atoms in total. The highest BCUT2D eigenvalue weighted by atomic mass is 16.5. The maximum absolute atomic E-state index is 5.41.